The number of hydrogen-bond donors (Lipinski definition) is 0. The number of nitrogens with zero attached hydrogens (tertiary/aromatic N) is 3. The van der Waals surface area contributed by atoms with Gasteiger partial charge in [-0.3, -0.25) is 9.78 Å². The van der Waals surface area contributed by atoms with Crippen LogP contribution in [0.15, 0.2) is 91.1 Å². The number of para-hydroxylation sites is 1. The zero-order valence-electron chi connectivity index (χ0n) is 15.5. The van der Waals surface area contributed by atoms with Gasteiger partial charge in [0.1, 0.15) is 5.69 Å². The molecule has 2 heterocycles. The highest BCUT2D eigenvalue weighted by atomic mass is 16.2. The summed E-state index contributed by atoms with van der Waals surface area (Å²) < 4.78 is 0. The lowest BCUT2D eigenvalue weighted by Gasteiger charge is -2.22. The van der Waals surface area contributed by atoms with Crippen molar-refractivity contribution in [3.8, 4) is 0 Å². The maximum absolute atomic E-state index is 13.2. The summed E-state index contributed by atoms with van der Waals surface area (Å²) in [5.41, 5.74) is 3.36. The minimum Gasteiger partial charge on any atom is -0.331 e. The van der Waals surface area contributed by atoms with Gasteiger partial charge in [-0.15, -0.1) is 0 Å². The fourth-order valence-corrected chi connectivity index (χ4v) is 3.20. The smallest absolute Gasteiger partial charge is 0.272 e. The van der Waals surface area contributed by atoms with Gasteiger partial charge < -0.3 is 4.90 Å². The molecule has 4 heteroatoms. The predicted molar refractivity (Wildman–Crippen MR) is 111 cm³/mol. The third-order valence-electron chi connectivity index (χ3n) is 4.70. The minimum absolute atomic E-state index is 0.0765. The molecule has 4 nitrogen and oxygen atoms in total. The molecule has 0 aliphatic heterocycles. The molecular formula is C24H21N3O. The lowest BCUT2D eigenvalue weighted by atomic mass is 10.1. The van der Waals surface area contributed by atoms with Gasteiger partial charge in [0.05, 0.1) is 17.8 Å². The second kappa shape index (κ2) is 8.44. The molecule has 2 aromatic heterocycles. The normalized spacial score (nSPS) is 10.7. The zero-order valence-corrected chi connectivity index (χ0v) is 15.5. The molecule has 0 fully saturated rings. The van der Waals surface area contributed by atoms with Crippen LogP contribution in [0.25, 0.3) is 10.9 Å². The molecule has 0 spiro atoms. The molecule has 0 aliphatic rings. The number of fused-ring (bicyclic) bond motifs is 1. The Bertz CT molecular complexity index is 1060. The number of hydrogen-bond acceptors (Lipinski definition) is 3. The van der Waals surface area contributed by atoms with E-state index in [-0.39, 0.29) is 5.91 Å². The van der Waals surface area contributed by atoms with Gasteiger partial charge in [0.15, 0.2) is 0 Å². The van der Waals surface area contributed by atoms with Crippen molar-refractivity contribution in [1.29, 1.82) is 0 Å². The first-order chi connectivity index (χ1) is 13.8. The van der Waals surface area contributed by atoms with E-state index in [1.165, 1.54) is 5.56 Å². The number of rotatable bonds is 6. The standard InChI is InChI=1S/C24H21N3O/c28-24(23-14-13-20-10-4-5-12-22(20)26-23)27(18-21-11-6-7-16-25-21)17-15-19-8-2-1-3-9-19/h1-14,16H,15,17-18H2. The second-order valence-electron chi connectivity index (χ2n) is 6.67. The van der Waals surface area contributed by atoms with Crippen LogP contribution >= 0.6 is 0 Å². The number of benzene rings is 2. The summed E-state index contributed by atoms with van der Waals surface area (Å²) in [4.78, 5) is 24.0. The summed E-state index contributed by atoms with van der Waals surface area (Å²) in [6.07, 6.45) is 2.54. The van der Waals surface area contributed by atoms with Crippen molar-refractivity contribution >= 4 is 16.8 Å². The maximum atomic E-state index is 13.2. The average Bonchev–Trinajstić information content (AvgIpc) is 2.77. The Kier molecular flexibility index (Phi) is 5.38. The van der Waals surface area contributed by atoms with Gasteiger partial charge in [-0.25, -0.2) is 4.98 Å². The first kappa shape index (κ1) is 17.9. The Hall–Kier alpha value is -3.53. The molecular weight excluding hydrogens is 346 g/mol. The average molecular weight is 367 g/mol. The van der Waals surface area contributed by atoms with Crippen LogP contribution in [0.2, 0.25) is 0 Å². The van der Waals surface area contributed by atoms with E-state index in [4.69, 9.17) is 0 Å². The monoisotopic (exact) mass is 367 g/mol. The first-order valence-corrected chi connectivity index (χ1v) is 9.38. The van der Waals surface area contributed by atoms with Crippen molar-refractivity contribution in [3.05, 3.63) is 108 Å². The number of carbonyl (C=O) groups excluding carboxylic acids is 1. The van der Waals surface area contributed by atoms with Gasteiger partial charge in [0.2, 0.25) is 0 Å². The van der Waals surface area contributed by atoms with Crippen LogP contribution < -0.4 is 0 Å². The lowest BCUT2D eigenvalue weighted by molar-refractivity contribution is 0.0737. The molecule has 138 valence electrons. The summed E-state index contributed by atoms with van der Waals surface area (Å²) >= 11 is 0. The largest absolute Gasteiger partial charge is 0.331 e. The number of pyridine rings is 2. The molecule has 28 heavy (non-hydrogen) atoms. The van der Waals surface area contributed by atoms with Crippen LogP contribution in [0.1, 0.15) is 21.7 Å². The van der Waals surface area contributed by atoms with E-state index in [9.17, 15) is 4.79 Å². The van der Waals surface area contributed by atoms with Crippen molar-refractivity contribution in [2.75, 3.05) is 6.54 Å². The van der Waals surface area contributed by atoms with E-state index in [1.54, 1.807) is 12.3 Å². The van der Waals surface area contributed by atoms with E-state index in [2.05, 4.69) is 22.1 Å². The molecule has 0 unspecified atom stereocenters. The lowest BCUT2D eigenvalue weighted by Crippen LogP contribution is -2.33. The van der Waals surface area contributed by atoms with Gasteiger partial charge in [-0.05, 0) is 36.2 Å². The Balaban J connectivity index is 1.59. The van der Waals surface area contributed by atoms with Crippen molar-refractivity contribution in [2.45, 2.75) is 13.0 Å². The van der Waals surface area contributed by atoms with Crippen molar-refractivity contribution < 1.29 is 4.79 Å². The molecule has 0 N–H and O–H groups in total. The fourth-order valence-electron chi connectivity index (χ4n) is 3.20. The third-order valence-corrected chi connectivity index (χ3v) is 4.70. The van der Waals surface area contributed by atoms with Crippen LogP contribution in [-0.4, -0.2) is 27.3 Å². The van der Waals surface area contributed by atoms with E-state index in [0.29, 0.717) is 18.8 Å². The van der Waals surface area contributed by atoms with Gasteiger partial charge in [-0.2, -0.15) is 0 Å². The molecule has 4 rings (SSSR count). The number of aromatic nitrogens is 2. The van der Waals surface area contributed by atoms with E-state index in [1.807, 2.05) is 71.6 Å². The van der Waals surface area contributed by atoms with Crippen molar-refractivity contribution in [2.24, 2.45) is 0 Å². The van der Waals surface area contributed by atoms with Crippen molar-refractivity contribution in [3.63, 3.8) is 0 Å². The molecule has 0 atom stereocenters. The van der Waals surface area contributed by atoms with Gasteiger partial charge in [0.25, 0.3) is 5.91 Å². The molecule has 0 aliphatic carbocycles. The predicted octanol–water partition coefficient (Wildman–Crippen LogP) is 4.51. The van der Waals surface area contributed by atoms with Gasteiger partial charge in [0, 0.05) is 18.1 Å². The van der Waals surface area contributed by atoms with Gasteiger partial charge >= 0.3 is 0 Å². The summed E-state index contributed by atoms with van der Waals surface area (Å²) in [5.74, 6) is -0.0765. The van der Waals surface area contributed by atoms with Crippen molar-refractivity contribution in [1.82, 2.24) is 14.9 Å². The molecule has 2 aromatic carbocycles. The Labute approximate surface area is 164 Å². The molecule has 4 aromatic rings. The number of amides is 1. The molecule has 0 radical (unpaired) electrons. The van der Waals surface area contributed by atoms with Crippen LogP contribution in [0.5, 0.6) is 0 Å². The Morgan fingerprint density at radius 1 is 0.821 bits per heavy atom. The van der Waals surface area contributed by atoms with E-state index in [0.717, 1.165) is 23.0 Å². The van der Waals surface area contributed by atoms with Gasteiger partial charge in [-0.1, -0.05) is 60.7 Å². The highest BCUT2D eigenvalue weighted by Crippen LogP contribution is 2.15. The molecule has 0 saturated heterocycles. The second-order valence-corrected chi connectivity index (χ2v) is 6.67. The summed E-state index contributed by atoms with van der Waals surface area (Å²) in [6.45, 7) is 1.06. The zero-order chi connectivity index (χ0) is 19.2. The highest BCUT2D eigenvalue weighted by Gasteiger charge is 2.18. The van der Waals surface area contributed by atoms with E-state index < -0.39 is 0 Å². The van der Waals surface area contributed by atoms with Crippen LogP contribution in [0.4, 0.5) is 0 Å². The Morgan fingerprint density at radius 2 is 1.61 bits per heavy atom. The molecule has 0 bridgehead atoms. The third kappa shape index (κ3) is 4.23. The Morgan fingerprint density at radius 3 is 2.43 bits per heavy atom. The molecule has 1 amide bonds. The first-order valence-electron chi connectivity index (χ1n) is 9.38. The minimum atomic E-state index is -0.0765. The summed E-state index contributed by atoms with van der Waals surface area (Å²) in [5, 5.41) is 1.03. The van der Waals surface area contributed by atoms with Crippen LogP contribution in [0.3, 0.4) is 0 Å². The van der Waals surface area contributed by atoms with Crippen LogP contribution in [0, 0.1) is 0 Å². The fraction of sp³-hybridized carbons (Fsp3) is 0.125. The van der Waals surface area contributed by atoms with Crippen LogP contribution in [-0.2, 0) is 13.0 Å². The summed E-state index contributed by atoms with van der Waals surface area (Å²) in [6, 6.07) is 27.5. The topological polar surface area (TPSA) is 46.1 Å². The number of carbonyl (C=O) groups is 1. The SMILES string of the molecule is O=C(c1ccc2ccccc2n1)N(CCc1ccccc1)Cc1ccccn1. The van der Waals surface area contributed by atoms with E-state index >= 15 is 0 Å². The highest BCUT2D eigenvalue weighted by molar-refractivity contribution is 5.94. The molecule has 0 saturated carbocycles. The quantitative estimate of drug-likeness (QED) is 0.503. The summed E-state index contributed by atoms with van der Waals surface area (Å²) in [7, 11) is 0. The maximum Gasteiger partial charge on any atom is 0.272 e.